The Balaban J connectivity index is 2.81. The maximum absolute atomic E-state index is 10.4. The first-order valence-corrected chi connectivity index (χ1v) is 4.46. The zero-order valence-corrected chi connectivity index (χ0v) is 8.65. The van der Waals surface area contributed by atoms with Gasteiger partial charge in [-0.2, -0.15) is 5.10 Å². The van der Waals surface area contributed by atoms with E-state index in [-0.39, 0.29) is 6.42 Å². The second-order valence-electron chi connectivity index (χ2n) is 2.74. The van der Waals surface area contributed by atoms with Crippen molar-refractivity contribution in [1.82, 2.24) is 9.78 Å². The summed E-state index contributed by atoms with van der Waals surface area (Å²) < 4.78 is 2.32. The van der Waals surface area contributed by atoms with Gasteiger partial charge in [0.2, 0.25) is 0 Å². The van der Waals surface area contributed by atoms with Crippen molar-refractivity contribution in [2.24, 2.45) is 12.8 Å². The molecular weight excluding hydrogens is 238 g/mol. The molecule has 0 radical (unpaired) electrons. The van der Waals surface area contributed by atoms with Crippen molar-refractivity contribution in [3.63, 3.8) is 0 Å². The third kappa shape index (κ3) is 2.53. The van der Waals surface area contributed by atoms with E-state index < -0.39 is 12.0 Å². The van der Waals surface area contributed by atoms with Crippen LogP contribution in [0.2, 0.25) is 0 Å². The molecule has 0 bridgehead atoms. The van der Waals surface area contributed by atoms with Crippen molar-refractivity contribution >= 4 is 21.9 Å². The summed E-state index contributed by atoms with van der Waals surface area (Å²) in [5, 5.41) is 12.6. The molecule has 6 heteroatoms. The van der Waals surface area contributed by atoms with Crippen molar-refractivity contribution in [2.45, 2.75) is 12.5 Å². The predicted molar refractivity (Wildman–Crippen MR) is 50.1 cm³/mol. The molecule has 1 rings (SSSR count). The molecular formula is C7H10BrN3O2. The number of nitrogens with two attached hydrogens (primary N) is 1. The summed E-state index contributed by atoms with van der Waals surface area (Å²) >= 11 is 3.25. The van der Waals surface area contributed by atoms with E-state index in [0.717, 1.165) is 4.47 Å². The van der Waals surface area contributed by atoms with Crippen molar-refractivity contribution < 1.29 is 9.90 Å². The predicted octanol–water partition coefficient (Wildman–Crippen LogP) is 0.657. The van der Waals surface area contributed by atoms with Gasteiger partial charge in [-0.25, -0.2) is 0 Å². The first kappa shape index (κ1) is 10.2. The lowest BCUT2D eigenvalue weighted by Gasteiger charge is -2.04. The fraction of sp³-hybridized carbons (Fsp3) is 0.429. The van der Waals surface area contributed by atoms with Crippen LogP contribution in [0.15, 0.2) is 10.7 Å². The maximum atomic E-state index is 10.4. The molecule has 13 heavy (non-hydrogen) atoms. The molecule has 1 heterocycles. The Bertz CT molecular complexity index is 324. The average molecular weight is 248 g/mol. The number of hydrogen-bond acceptors (Lipinski definition) is 3. The number of hydrogen-bond donors (Lipinski definition) is 2. The van der Waals surface area contributed by atoms with E-state index in [0.29, 0.717) is 5.69 Å². The zero-order chi connectivity index (χ0) is 10.0. The lowest BCUT2D eigenvalue weighted by atomic mass is 10.1. The summed E-state index contributed by atoms with van der Waals surface area (Å²) in [5.41, 5.74) is 6.20. The van der Waals surface area contributed by atoms with Gasteiger partial charge in [0, 0.05) is 13.2 Å². The van der Waals surface area contributed by atoms with Crippen LogP contribution in [-0.4, -0.2) is 20.9 Å². The largest absolute Gasteiger partial charge is 0.481 e. The minimum Gasteiger partial charge on any atom is -0.481 e. The number of nitrogens with zero attached hydrogens (tertiary/aromatic N) is 2. The SMILES string of the molecule is Cn1cc(Br)c(C(N)CC(=O)O)n1. The quantitative estimate of drug-likeness (QED) is 0.823. The van der Waals surface area contributed by atoms with Crippen LogP contribution >= 0.6 is 15.9 Å². The van der Waals surface area contributed by atoms with Gasteiger partial charge in [0.1, 0.15) is 0 Å². The van der Waals surface area contributed by atoms with Gasteiger partial charge in [-0.05, 0) is 15.9 Å². The molecule has 0 aliphatic heterocycles. The Morgan fingerprint density at radius 2 is 2.54 bits per heavy atom. The minimum atomic E-state index is -0.926. The van der Waals surface area contributed by atoms with Gasteiger partial charge in [-0.3, -0.25) is 9.48 Å². The molecule has 0 fully saturated rings. The smallest absolute Gasteiger partial charge is 0.305 e. The van der Waals surface area contributed by atoms with Crippen LogP contribution in [0.25, 0.3) is 0 Å². The van der Waals surface area contributed by atoms with E-state index in [9.17, 15) is 4.79 Å². The van der Waals surface area contributed by atoms with E-state index in [4.69, 9.17) is 10.8 Å². The number of halogens is 1. The fourth-order valence-corrected chi connectivity index (χ4v) is 1.68. The van der Waals surface area contributed by atoms with Crippen LogP contribution in [0, 0.1) is 0 Å². The van der Waals surface area contributed by atoms with E-state index in [2.05, 4.69) is 21.0 Å². The van der Waals surface area contributed by atoms with Gasteiger partial charge in [0.05, 0.1) is 22.6 Å². The Kier molecular flexibility index (Phi) is 3.05. The van der Waals surface area contributed by atoms with Gasteiger partial charge in [0.15, 0.2) is 0 Å². The van der Waals surface area contributed by atoms with E-state index in [1.165, 1.54) is 0 Å². The van der Waals surface area contributed by atoms with E-state index in [1.807, 2.05) is 0 Å². The number of aryl methyl sites for hydroxylation is 1. The van der Waals surface area contributed by atoms with Crippen LogP contribution in [0.4, 0.5) is 0 Å². The molecule has 5 nitrogen and oxygen atoms in total. The Morgan fingerprint density at radius 3 is 2.92 bits per heavy atom. The summed E-state index contributed by atoms with van der Waals surface area (Å²) in [6.45, 7) is 0. The van der Waals surface area contributed by atoms with Gasteiger partial charge >= 0.3 is 5.97 Å². The van der Waals surface area contributed by atoms with Gasteiger partial charge < -0.3 is 10.8 Å². The van der Waals surface area contributed by atoms with Crippen LogP contribution < -0.4 is 5.73 Å². The van der Waals surface area contributed by atoms with Crippen LogP contribution in [0.1, 0.15) is 18.2 Å². The van der Waals surface area contributed by atoms with E-state index >= 15 is 0 Å². The van der Waals surface area contributed by atoms with Crippen molar-refractivity contribution in [2.75, 3.05) is 0 Å². The zero-order valence-electron chi connectivity index (χ0n) is 7.07. The van der Waals surface area contributed by atoms with Crippen LogP contribution in [0.5, 0.6) is 0 Å². The topological polar surface area (TPSA) is 81.1 Å². The highest BCUT2D eigenvalue weighted by atomic mass is 79.9. The highest BCUT2D eigenvalue weighted by Crippen LogP contribution is 2.21. The third-order valence-corrected chi connectivity index (χ3v) is 2.17. The fourth-order valence-electron chi connectivity index (χ4n) is 1.01. The first-order valence-electron chi connectivity index (χ1n) is 3.67. The summed E-state index contributed by atoms with van der Waals surface area (Å²) in [7, 11) is 1.75. The normalized spacial score (nSPS) is 12.8. The molecule has 0 aliphatic carbocycles. The monoisotopic (exact) mass is 247 g/mol. The van der Waals surface area contributed by atoms with Crippen molar-refractivity contribution in [1.29, 1.82) is 0 Å². The van der Waals surface area contributed by atoms with Crippen molar-refractivity contribution in [3.05, 3.63) is 16.4 Å². The lowest BCUT2D eigenvalue weighted by molar-refractivity contribution is -0.137. The van der Waals surface area contributed by atoms with Crippen LogP contribution in [-0.2, 0) is 11.8 Å². The Hall–Kier alpha value is -0.880. The molecule has 1 aromatic heterocycles. The van der Waals surface area contributed by atoms with Gasteiger partial charge in [0.25, 0.3) is 0 Å². The summed E-state index contributed by atoms with van der Waals surface area (Å²) in [6.07, 6.45) is 1.62. The molecule has 1 atom stereocenters. The van der Waals surface area contributed by atoms with Gasteiger partial charge in [-0.1, -0.05) is 0 Å². The molecule has 0 aliphatic rings. The minimum absolute atomic E-state index is 0.115. The molecule has 3 N–H and O–H groups in total. The summed E-state index contributed by atoms with van der Waals surface area (Å²) in [6, 6.07) is -0.562. The average Bonchev–Trinajstić information content (AvgIpc) is 2.28. The number of carbonyl (C=O) groups is 1. The third-order valence-electron chi connectivity index (χ3n) is 1.56. The maximum Gasteiger partial charge on any atom is 0.305 e. The highest BCUT2D eigenvalue weighted by Gasteiger charge is 2.16. The molecule has 1 unspecified atom stereocenters. The van der Waals surface area contributed by atoms with E-state index in [1.54, 1.807) is 17.9 Å². The molecule has 0 aromatic carbocycles. The highest BCUT2D eigenvalue weighted by molar-refractivity contribution is 9.10. The van der Waals surface area contributed by atoms with Gasteiger partial charge in [-0.15, -0.1) is 0 Å². The summed E-state index contributed by atoms with van der Waals surface area (Å²) in [4.78, 5) is 10.4. The number of aromatic nitrogens is 2. The lowest BCUT2D eigenvalue weighted by Crippen LogP contribution is -2.16. The standard InChI is InChI=1S/C7H10BrN3O2/c1-11-3-4(8)7(10-11)5(9)2-6(12)13/h3,5H,2,9H2,1H3,(H,12,13). The second kappa shape index (κ2) is 3.89. The number of carboxylic acid groups (broad SMARTS) is 1. The molecule has 0 amide bonds. The van der Waals surface area contributed by atoms with Crippen LogP contribution in [0.3, 0.4) is 0 Å². The first-order chi connectivity index (χ1) is 6.00. The molecule has 0 saturated carbocycles. The number of aliphatic carboxylic acids is 1. The molecule has 1 aromatic rings. The number of carboxylic acids is 1. The molecule has 0 spiro atoms. The Labute approximate surface area is 83.7 Å². The van der Waals surface area contributed by atoms with Crippen molar-refractivity contribution in [3.8, 4) is 0 Å². The number of rotatable bonds is 3. The Morgan fingerprint density at radius 1 is 1.92 bits per heavy atom. The summed E-state index contributed by atoms with van der Waals surface area (Å²) in [5.74, 6) is -0.926. The molecule has 0 saturated heterocycles. The molecule has 72 valence electrons. The second-order valence-corrected chi connectivity index (χ2v) is 3.59.